The van der Waals surface area contributed by atoms with Crippen molar-refractivity contribution in [2.24, 2.45) is 0 Å². The second-order valence-electron chi connectivity index (χ2n) is 4.49. The number of likely N-dealkylation sites (N-methyl/N-ethyl adjacent to an activating group) is 1. The Morgan fingerprint density at radius 3 is 2.84 bits per heavy atom. The van der Waals surface area contributed by atoms with Gasteiger partial charge in [0.2, 0.25) is 0 Å². The Balaban J connectivity index is 2.08. The molecule has 0 saturated carbocycles. The molecule has 1 atom stereocenters. The third kappa shape index (κ3) is 4.00. The van der Waals surface area contributed by atoms with E-state index in [0.717, 1.165) is 17.1 Å². The van der Waals surface area contributed by atoms with Crippen LogP contribution < -0.4 is 5.32 Å². The summed E-state index contributed by atoms with van der Waals surface area (Å²) in [6.07, 6.45) is 1.38. The molecule has 0 aliphatic heterocycles. The molecular formula is C14H16ClFN2S. The minimum absolute atomic E-state index is 0.148. The number of thiazole rings is 1. The SMILES string of the molecule is CNC(Cc1csc(C)n1)Cc1cc(Cl)ccc1F. The van der Waals surface area contributed by atoms with Crippen molar-refractivity contribution in [3.05, 3.63) is 50.7 Å². The van der Waals surface area contributed by atoms with Gasteiger partial charge in [-0.2, -0.15) is 0 Å². The molecule has 0 saturated heterocycles. The van der Waals surface area contributed by atoms with Gasteiger partial charge in [0, 0.05) is 22.9 Å². The molecule has 102 valence electrons. The van der Waals surface area contributed by atoms with Gasteiger partial charge in [-0.25, -0.2) is 9.37 Å². The van der Waals surface area contributed by atoms with E-state index in [1.807, 2.05) is 19.4 Å². The summed E-state index contributed by atoms with van der Waals surface area (Å²) in [5.74, 6) is -0.209. The summed E-state index contributed by atoms with van der Waals surface area (Å²) >= 11 is 7.54. The quantitative estimate of drug-likeness (QED) is 0.912. The average Bonchev–Trinajstić information content (AvgIpc) is 2.78. The maximum absolute atomic E-state index is 13.7. The van der Waals surface area contributed by atoms with E-state index in [2.05, 4.69) is 10.3 Å². The van der Waals surface area contributed by atoms with Crippen LogP contribution in [0.5, 0.6) is 0 Å². The van der Waals surface area contributed by atoms with Gasteiger partial charge < -0.3 is 5.32 Å². The first-order chi connectivity index (χ1) is 9.08. The van der Waals surface area contributed by atoms with Gasteiger partial charge in [0.15, 0.2) is 0 Å². The monoisotopic (exact) mass is 298 g/mol. The van der Waals surface area contributed by atoms with Gasteiger partial charge in [0.25, 0.3) is 0 Å². The van der Waals surface area contributed by atoms with E-state index < -0.39 is 0 Å². The number of halogens is 2. The first kappa shape index (κ1) is 14.4. The van der Waals surface area contributed by atoms with Gasteiger partial charge in [-0.15, -0.1) is 11.3 Å². The highest BCUT2D eigenvalue weighted by molar-refractivity contribution is 7.09. The molecule has 2 nitrogen and oxygen atoms in total. The molecule has 19 heavy (non-hydrogen) atoms. The van der Waals surface area contributed by atoms with Crippen LogP contribution in [0, 0.1) is 12.7 Å². The lowest BCUT2D eigenvalue weighted by Crippen LogP contribution is -2.30. The summed E-state index contributed by atoms with van der Waals surface area (Å²) in [6.45, 7) is 1.99. The molecule has 1 N–H and O–H groups in total. The first-order valence-electron chi connectivity index (χ1n) is 6.10. The highest BCUT2D eigenvalue weighted by Gasteiger charge is 2.13. The van der Waals surface area contributed by atoms with E-state index in [4.69, 9.17) is 11.6 Å². The van der Waals surface area contributed by atoms with Gasteiger partial charge in [0.1, 0.15) is 5.82 Å². The Hall–Kier alpha value is -0.970. The molecule has 5 heteroatoms. The van der Waals surface area contributed by atoms with E-state index in [-0.39, 0.29) is 11.9 Å². The number of benzene rings is 1. The average molecular weight is 299 g/mol. The van der Waals surface area contributed by atoms with Crippen molar-refractivity contribution in [3.8, 4) is 0 Å². The van der Waals surface area contributed by atoms with Crippen molar-refractivity contribution < 1.29 is 4.39 Å². The van der Waals surface area contributed by atoms with Gasteiger partial charge in [0.05, 0.1) is 10.7 Å². The van der Waals surface area contributed by atoms with Crippen molar-refractivity contribution in [2.75, 3.05) is 7.05 Å². The molecule has 0 amide bonds. The van der Waals surface area contributed by atoms with Gasteiger partial charge in [-0.3, -0.25) is 0 Å². The molecule has 2 aromatic rings. The fourth-order valence-electron chi connectivity index (χ4n) is 2.00. The summed E-state index contributed by atoms with van der Waals surface area (Å²) in [7, 11) is 1.88. The Kier molecular flexibility index (Phi) is 4.91. The normalized spacial score (nSPS) is 12.6. The van der Waals surface area contributed by atoms with Crippen LogP contribution in [-0.2, 0) is 12.8 Å². The molecule has 0 aliphatic rings. The topological polar surface area (TPSA) is 24.9 Å². The van der Waals surface area contributed by atoms with E-state index in [1.165, 1.54) is 6.07 Å². The van der Waals surface area contributed by atoms with Crippen LogP contribution in [0.3, 0.4) is 0 Å². The molecule has 1 unspecified atom stereocenters. The summed E-state index contributed by atoms with van der Waals surface area (Å²) in [5, 5.41) is 6.88. The highest BCUT2D eigenvalue weighted by Crippen LogP contribution is 2.18. The van der Waals surface area contributed by atoms with Gasteiger partial charge in [-0.1, -0.05) is 11.6 Å². The van der Waals surface area contributed by atoms with Crippen LogP contribution >= 0.6 is 22.9 Å². The zero-order chi connectivity index (χ0) is 13.8. The lowest BCUT2D eigenvalue weighted by Gasteiger charge is -2.15. The molecule has 0 bridgehead atoms. The Morgan fingerprint density at radius 1 is 1.42 bits per heavy atom. The van der Waals surface area contributed by atoms with E-state index in [1.54, 1.807) is 23.5 Å². The minimum Gasteiger partial charge on any atom is -0.316 e. The molecular weight excluding hydrogens is 283 g/mol. The molecule has 0 aliphatic carbocycles. The van der Waals surface area contributed by atoms with E-state index in [9.17, 15) is 4.39 Å². The number of nitrogens with one attached hydrogen (secondary N) is 1. The standard InChI is InChI=1S/C14H16ClFN2S/c1-9-18-13(8-19-9)7-12(17-2)6-10-5-11(15)3-4-14(10)16/h3-5,8,12,17H,6-7H2,1-2H3. The second kappa shape index (κ2) is 6.46. The highest BCUT2D eigenvalue weighted by atomic mass is 35.5. The van der Waals surface area contributed by atoms with Gasteiger partial charge in [-0.05, 0) is 44.2 Å². The number of hydrogen-bond acceptors (Lipinski definition) is 3. The summed E-state index contributed by atoms with van der Waals surface area (Å²) in [4.78, 5) is 4.44. The van der Waals surface area contributed by atoms with Crippen LogP contribution in [0.15, 0.2) is 23.6 Å². The van der Waals surface area contributed by atoms with Crippen molar-refractivity contribution in [3.63, 3.8) is 0 Å². The maximum atomic E-state index is 13.7. The number of hydrogen-bond donors (Lipinski definition) is 1. The number of nitrogens with zero attached hydrogens (tertiary/aromatic N) is 1. The number of aromatic nitrogens is 1. The second-order valence-corrected chi connectivity index (χ2v) is 5.99. The molecule has 0 fully saturated rings. The Morgan fingerprint density at radius 2 is 2.21 bits per heavy atom. The molecule has 0 radical (unpaired) electrons. The molecule has 1 heterocycles. The van der Waals surface area contributed by atoms with Crippen LogP contribution in [-0.4, -0.2) is 18.1 Å². The number of aryl methyl sites for hydroxylation is 1. The lowest BCUT2D eigenvalue weighted by molar-refractivity contribution is 0.528. The largest absolute Gasteiger partial charge is 0.316 e. The predicted molar refractivity (Wildman–Crippen MR) is 78.5 cm³/mol. The Labute approximate surface area is 121 Å². The summed E-state index contributed by atoms with van der Waals surface area (Å²) in [6, 6.07) is 4.82. The van der Waals surface area contributed by atoms with Crippen LogP contribution in [0.4, 0.5) is 4.39 Å². The third-order valence-electron chi connectivity index (χ3n) is 3.00. The van der Waals surface area contributed by atoms with Gasteiger partial charge >= 0.3 is 0 Å². The smallest absolute Gasteiger partial charge is 0.126 e. The van der Waals surface area contributed by atoms with Crippen LogP contribution in [0.1, 0.15) is 16.3 Å². The lowest BCUT2D eigenvalue weighted by atomic mass is 10.0. The fraction of sp³-hybridized carbons (Fsp3) is 0.357. The van der Waals surface area contributed by atoms with Crippen molar-refractivity contribution in [2.45, 2.75) is 25.8 Å². The maximum Gasteiger partial charge on any atom is 0.126 e. The first-order valence-corrected chi connectivity index (χ1v) is 7.36. The van der Waals surface area contributed by atoms with E-state index >= 15 is 0 Å². The number of rotatable bonds is 5. The van der Waals surface area contributed by atoms with Crippen LogP contribution in [0.2, 0.25) is 5.02 Å². The summed E-state index contributed by atoms with van der Waals surface area (Å²) in [5.41, 5.74) is 1.68. The zero-order valence-corrected chi connectivity index (χ0v) is 12.5. The van der Waals surface area contributed by atoms with Crippen LogP contribution in [0.25, 0.3) is 0 Å². The molecule has 2 rings (SSSR count). The predicted octanol–water partition coefficient (Wildman–Crippen LogP) is 3.62. The minimum atomic E-state index is -0.209. The zero-order valence-electron chi connectivity index (χ0n) is 10.9. The molecule has 1 aromatic carbocycles. The van der Waals surface area contributed by atoms with Crippen molar-refractivity contribution >= 4 is 22.9 Å². The molecule has 1 aromatic heterocycles. The van der Waals surface area contributed by atoms with Crippen molar-refractivity contribution in [1.82, 2.24) is 10.3 Å². The van der Waals surface area contributed by atoms with Crippen molar-refractivity contribution in [1.29, 1.82) is 0 Å². The molecule has 0 spiro atoms. The van der Waals surface area contributed by atoms with E-state index in [0.29, 0.717) is 17.0 Å². The third-order valence-corrected chi connectivity index (χ3v) is 4.06. The fourth-order valence-corrected chi connectivity index (χ4v) is 2.82. The Bertz CT molecular complexity index is 556. The summed E-state index contributed by atoms with van der Waals surface area (Å²) < 4.78 is 13.7.